The van der Waals surface area contributed by atoms with Crippen molar-refractivity contribution in [3.63, 3.8) is 0 Å². The molecular weight excluding hydrogens is 208 g/mol. The number of unbranched alkanes of at least 4 members (excludes halogenated alkanes) is 2. The maximum Gasteiger partial charge on any atom is 0.303 e. The van der Waals surface area contributed by atoms with Crippen LogP contribution in [0.25, 0.3) is 0 Å². The lowest BCUT2D eigenvalue weighted by Gasteiger charge is -2.11. The van der Waals surface area contributed by atoms with E-state index in [9.17, 15) is 0 Å². The van der Waals surface area contributed by atoms with Gasteiger partial charge in [-0.2, -0.15) is 0 Å². The van der Waals surface area contributed by atoms with Gasteiger partial charge in [0.15, 0.2) is 0 Å². The molecule has 0 aliphatic carbocycles. The lowest BCUT2D eigenvalue weighted by atomic mass is 10.0. The van der Waals surface area contributed by atoms with E-state index in [0.29, 0.717) is 5.92 Å². The minimum Gasteiger partial charge on any atom is -0.220 e. The maximum atomic E-state index is 7.33. The highest BCUT2D eigenvalue weighted by molar-refractivity contribution is 5.28. The summed E-state index contributed by atoms with van der Waals surface area (Å²) in [5.74, 6) is 0.454. The van der Waals surface area contributed by atoms with Crippen LogP contribution in [0.15, 0.2) is 30.3 Å². The number of benzene rings is 1. The SMILES string of the molecule is CCCCC[N+](=C=N)CC(C)c1ccccc1. The summed E-state index contributed by atoms with van der Waals surface area (Å²) in [4.78, 5) is 0. The van der Waals surface area contributed by atoms with Gasteiger partial charge in [-0.05, 0) is 18.4 Å². The average Bonchev–Trinajstić information content (AvgIpc) is 2.38. The average molecular weight is 231 g/mol. The third-order valence-electron chi connectivity index (χ3n) is 3.05. The van der Waals surface area contributed by atoms with Crippen LogP contribution < -0.4 is 0 Å². The summed E-state index contributed by atoms with van der Waals surface area (Å²) >= 11 is 0. The first kappa shape index (κ1) is 13.7. The van der Waals surface area contributed by atoms with Crippen LogP contribution in [-0.2, 0) is 0 Å². The molecule has 2 nitrogen and oxygen atoms in total. The standard InChI is InChI=1S/C15H23N2/c1-3-4-8-11-17(13-16)12-14(2)15-9-6-5-7-10-15/h5-7,9-10,14,16H,3-4,8,11-12H2,1-2H3/q+1. The number of rotatable bonds is 7. The van der Waals surface area contributed by atoms with Gasteiger partial charge in [-0.25, -0.2) is 4.58 Å². The largest absolute Gasteiger partial charge is 0.303 e. The fourth-order valence-corrected chi connectivity index (χ4v) is 1.96. The molecule has 0 amide bonds. The van der Waals surface area contributed by atoms with Crippen molar-refractivity contribution in [2.45, 2.75) is 39.0 Å². The van der Waals surface area contributed by atoms with Gasteiger partial charge >= 0.3 is 6.01 Å². The first-order valence-corrected chi connectivity index (χ1v) is 6.50. The number of nitrogens with one attached hydrogen (secondary N) is 1. The number of hydrogen-bond donors (Lipinski definition) is 1. The lowest BCUT2D eigenvalue weighted by molar-refractivity contribution is -0.525. The highest BCUT2D eigenvalue weighted by atomic mass is 15.0. The zero-order chi connectivity index (χ0) is 12.5. The number of nitrogens with zero attached hydrogens (tertiary/aromatic N) is 1. The Morgan fingerprint density at radius 3 is 2.53 bits per heavy atom. The summed E-state index contributed by atoms with van der Waals surface area (Å²) in [5.41, 5.74) is 1.34. The lowest BCUT2D eigenvalue weighted by Crippen LogP contribution is -2.18. The van der Waals surface area contributed by atoms with Crippen molar-refractivity contribution >= 4 is 6.01 Å². The normalized spacial score (nSPS) is 11.9. The molecule has 2 heteroatoms. The molecule has 1 aromatic rings. The van der Waals surface area contributed by atoms with Crippen LogP contribution in [0.4, 0.5) is 0 Å². The molecule has 0 aliphatic rings. The van der Waals surface area contributed by atoms with Crippen LogP contribution in [-0.4, -0.2) is 23.7 Å². The fraction of sp³-hybridized carbons (Fsp3) is 0.533. The molecule has 0 aliphatic heterocycles. The van der Waals surface area contributed by atoms with Gasteiger partial charge in [-0.3, -0.25) is 0 Å². The molecule has 1 N–H and O–H groups in total. The quantitative estimate of drug-likeness (QED) is 0.420. The molecule has 0 bridgehead atoms. The third-order valence-corrected chi connectivity index (χ3v) is 3.05. The van der Waals surface area contributed by atoms with Gasteiger partial charge in [0.2, 0.25) is 0 Å². The second-order valence-corrected chi connectivity index (χ2v) is 4.58. The highest BCUT2D eigenvalue weighted by Crippen LogP contribution is 2.14. The molecule has 0 spiro atoms. The Morgan fingerprint density at radius 2 is 1.94 bits per heavy atom. The summed E-state index contributed by atoms with van der Waals surface area (Å²) in [7, 11) is 0. The van der Waals surface area contributed by atoms with E-state index < -0.39 is 0 Å². The van der Waals surface area contributed by atoms with Crippen molar-refractivity contribution in [1.29, 1.82) is 5.41 Å². The van der Waals surface area contributed by atoms with Gasteiger partial charge in [-0.15, -0.1) is 0 Å². The van der Waals surface area contributed by atoms with E-state index in [1.165, 1.54) is 18.4 Å². The van der Waals surface area contributed by atoms with E-state index in [2.05, 4.69) is 44.1 Å². The van der Waals surface area contributed by atoms with E-state index in [4.69, 9.17) is 5.41 Å². The maximum absolute atomic E-state index is 7.33. The van der Waals surface area contributed by atoms with Crippen LogP contribution in [0.2, 0.25) is 0 Å². The first-order valence-electron chi connectivity index (χ1n) is 6.50. The Balaban J connectivity index is 2.49. The minimum absolute atomic E-state index is 0.454. The molecular formula is C15H23N2+. The van der Waals surface area contributed by atoms with Crippen molar-refractivity contribution in [3.8, 4) is 0 Å². The van der Waals surface area contributed by atoms with Gasteiger partial charge in [0.05, 0.1) is 13.1 Å². The van der Waals surface area contributed by atoms with Crippen molar-refractivity contribution in [2.24, 2.45) is 0 Å². The van der Waals surface area contributed by atoms with E-state index in [0.717, 1.165) is 19.5 Å². The molecule has 0 radical (unpaired) electrons. The summed E-state index contributed by atoms with van der Waals surface area (Å²) in [5, 5.41) is 7.33. The molecule has 0 aromatic heterocycles. The van der Waals surface area contributed by atoms with Crippen molar-refractivity contribution < 1.29 is 4.58 Å². The predicted molar refractivity (Wildman–Crippen MR) is 72.1 cm³/mol. The van der Waals surface area contributed by atoms with Gasteiger partial charge < -0.3 is 0 Å². The van der Waals surface area contributed by atoms with E-state index in [1.54, 1.807) is 0 Å². The smallest absolute Gasteiger partial charge is 0.220 e. The molecule has 0 saturated carbocycles. The Kier molecular flexibility index (Phi) is 6.27. The van der Waals surface area contributed by atoms with Gasteiger partial charge in [0.25, 0.3) is 0 Å². The van der Waals surface area contributed by atoms with Crippen molar-refractivity contribution in [2.75, 3.05) is 13.1 Å². The van der Waals surface area contributed by atoms with Crippen LogP contribution in [0.1, 0.15) is 44.6 Å². The fourth-order valence-electron chi connectivity index (χ4n) is 1.96. The molecule has 0 fully saturated rings. The first-order chi connectivity index (χ1) is 8.27. The van der Waals surface area contributed by atoms with Gasteiger partial charge in [0.1, 0.15) is 0 Å². The Bertz CT molecular complexity index is 364. The van der Waals surface area contributed by atoms with Crippen LogP contribution in [0.3, 0.4) is 0 Å². The summed E-state index contributed by atoms with van der Waals surface area (Å²) in [6.07, 6.45) is 3.61. The second-order valence-electron chi connectivity index (χ2n) is 4.58. The molecule has 1 aromatic carbocycles. The second kappa shape index (κ2) is 7.81. The van der Waals surface area contributed by atoms with E-state index >= 15 is 0 Å². The molecule has 92 valence electrons. The monoisotopic (exact) mass is 231 g/mol. The molecule has 0 heterocycles. The Morgan fingerprint density at radius 1 is 1.24 bits per heavy atom. The highest BCUT2D eigenvalue weighted by Gasteiger charge is 2.10. The van der Waals surface area contributed by atoms with Crippen molar-refractivity contribution in [3.05, 3.63) is 35.9 Å². The van der Waals surface area contributed by atoms with E-state index in [-0.39, 0.29) is 0 Å². The third kappa shape index (κ3) is 4.97. The van der Waals surface area contributed by atoms with Crippen molar-refractivity contribution in [1.82, 2.24) is 0 Å². The summed E-state index contributed by atoms with van der Waals surface area (Å²) < 4.78 is 1.99. The van der Waals surface area contributed by atoms with Crippen LogP contribution >= 0.6 is 0 Å². The topological polar surface area (TPSA) is 26.9 Å². The Labute approximate surface area is 105 Å². The van der Waals surface area contributed by atoms with Gasteiger partial charge in [0, 0.05) is 5.92 Å². The number of hydrogen-bond acceptors (Lipinski definition) is 1. The Hall–Kier alpha value is -1.40. The minimum atomic E-state index is 0.454. The molecule has 17 heavy (non-hydrogen) atoms. The summed E-state index contributed by atoms with van der Waals surface area (Å²) in [6, 6.07) is 13.0. The molecule has 0 saturated heterocycles. The van der Waals surface area contributed by atoms with Crippen LogP contribution in [0.5, 0.6) is 0 Å². The van der Waals surface area contributed by atoms with E-state index in [1.807, 2.05) is 10.6 Å². The predicted octanol–water partition coefficient (Wildman–Crippen LogP) is 3.75. The molecule has 1 rings (SSSR count). The molecule has 1 unspecified atom stereocenters. The zero-order valence-electron chi connectivity index (χ0n) is 10.9. The van der Waals surface area contributed by atoms with Gasteiger partial charge in [-0.1, -0.05) is 56.0 Å². The van der Waals surface area contributed by atoms with Crippen LogP contribution in [0, 0.1) is 5.41 Å². The zero-order valence-corrected chi connectivity index (χ0v) is 10.9. The summed E-state index contributed by atoms with van der Waals surface area (Å²) in [6.45, 7) is 6.25. The molecule has 1 atom stereocenters.